The van der Waals surface area contributed by atoms with Crippen LogP contribution >= 0.6 is 0 Å². The van der Waals surface area contributed by atoms with Crippen molar-refractivity contribution in [2.45, 2.75) is 0 Å². The zero-order valence-corrected chi connectivity index (χ0v) is 33.3. The van der Waals surface area contributed by atoms with Crippen LogP contribution in [-0.4, -0.2) is 8.07 Å². The van der Waals surface area contributed by atoms with Crippen LogP contribution in [0.1, 0.15) is 5.56 Å². The lowest BCUT2D eigenvalue weighted by Crippen LogP contribution is -2.66. The van der Waals surface area contributed by atoms with E-state index < -0.39 is 8.07 Å². The largest absolute Gasteiger partial charge is 0.310 e. The first-order chi connectivity index (χ1) is 28.7. The molecule has 0 aliphatic carbocycles. The number of anilines is 3. The molecule has 0 amide bonds. The van der Waals surface area contributed by atoms with E-state index in [1.54, 1.807) is 0 Å². The van der Waals surface area contributed by atoms with Gasteiger partial charge in [-0.15, -0.1) is 0 Å². The molecule has 0 atom stereocenters. The highest BCUT2D eigenvalue weighted by Gasteiger charge is 2.36. The summed E-state index contributed by atoms with van der Waals surface area (Å²) in [4.78, 5) is 2.36. The molecule has 0 aliphatic heterocycles. The minimum absolute atomic E-state index is 1.10. The first-order valence-corrected chi connectivity index (χ1v) is 22.0. The fourth-order valence-electron chi connectivity index (χ4n) is 8.06. The molecule has 0 unspecified atom stereocenters. The Kier molecular flexibility index (Phi) is 10.6. The quantitative estimate of drug-likeness (QED) is 0.0938. The molecule has 0 bridgehead atoms. The second-order valence-corrected chi connectivity index (χ2v) is 18.3. The van der Waals surface area contributed by atoms with Crippen molar-refractivity contribution in [3.05, 3.63) is 260 Å². The summed E-state index contributed by atoms with van der Waals surface area (Å²) in [5, 5.41) is 4.11. The topological polar surface area (TPSA) is 3.24 Å². The molecule has 0 spiro atoms. The van der Waals surface area contributed by atoms with E-state index in [-0.39, 0.29) is 0 Å². The maximum absolute atomic E-state index is 2.50. The van der Waals surface area contributed by atoms with E-state index in [4.69, 9.17) is 0 Å². The first-order valence-electron chi connectivity index (χ1n) is 19.9. The molecule has 2 heteroatoms. The van der Waals surface area contributed by atoms with E-state index >= 15 is 0 Å². The molecule has 0 aliphatic rings. The molecule has 276 valence electrons. The van der Waals surface area contributed by atoms with Gasteiger partial charge in [-0.1, -0.05) is 224 Å². The second-order valence-electron chi connectivity index (χ2n) is 14.6. The molecule has 9 aromatic rings. The number of nitrogens with zero attached hydrogens (tertiary/aromatic N) is 1. The fourth-order valence-corrected chi connectivity index (χ4v) is 12.2. The van der Waals surface area contributed by atoms with Gasteiger partial charge in [0.2, 0.25) is 0 Å². The Bertz CT molecular complexity index is 2550. The standard InChI is InChI=1S/C56H43NSi/c1-6-18-45(19-7-1)49-22-16-24-52(42-49)57(53-25-17-23-50(43-53)46-20-8-2-9-21-46)51-38-36-48(37-39-51)47-34-32-44(33-35-47)40-41-58(54-26-10-3-11-27-54,55-28-12-4-13-29-55)56-30-14-5-15-31-56/h1-43H. The molecule has 0 N–H and O–H groups in total. The summed E-state index contributed by atoms with van der Waals surface area (Å²) in [5.41, 5.74) is 14.1. The summed E-state index contributed by atoms with van der Waals surface area (Å²) in [6.07, 6.45) is 2.33. The molecule has 58 heavy (non-hydrogen) atoms. The van der Waals surface area contributed by atoms with Crippen molar-refractivity contribution in [1.29, 1.82) is 0 Å². The molecule has 0 saturated heterocycles. The first kappa shape index (κ1) is 36.4. The minimum Gasteiger partial charge on any atom is -0.310 e. The van der Waals surface area contributed by atoms with Crippen LogP contribution in [0.25, 0.3) is 39.5 Å². The van der Waals surface area contributed by atoms with Gasteiger partial charge in [-0.3, -0.25) is 0 Å². The third-order valence-electron chi connectivity index (χ3n) is 11.0. The maximum atomic E-state index is 2.50. The predicted molar refractivity (Wildman–Crippen MR) is 250 cm³/mol. The van der Waals surface area contributed by atoms with E-state index in [1.165, 1.54) is 54.5 Å². The summed E-state index contributed by atoms with van der Waals surface area (Å²) >= 11 is 0. The Labute approximate surface area is 343 Å². The van der Waals surface area contributed by atoms with Gasteiger partial charge < -0.3 is 4.90 Å². The van der Waals surface area contributed by atoms with E-state index in [1.807, 2.05) is 0 Å². The Morgan fingerprint density at radius 1 is 0.276 bits per heavy atom. The predicted octanol–water partition coefficient (Wildman–Crippen LogP) is 12.9. The van der Waals surface area contributed by atoms with Crippen LogP contribution in [0.4, 0.5) is 17.1 Å². The molecule has 0 aromatic heterocycles. The molecule has 9 aromatic carbocycles. The molecule has 9 rings (SSSR count). The normalized spacial score (nSPS) is 11.4. The van der Waals surface area contributed by atoms with E-state index in [9.17, 15) is 0 Å². The summed E-state index contributed by atoms with van der Waals surface area (Å²) < 4.78 is 0. The lowest BCUT2D eigenvalue weighted by Gasteiger charge is -2.30. The van der Waals surface area contributed by atoms with Crippen molar-refractivity contribution in [3.63, 3.8) is 0 Å². The van der Waals surface area contributed by atoms with Crippen LogP contribution in [0, 0.1) is 0 Å². The van der Waals surface area contributed by atoms with Gasteiger partial charge >= 0.3 is 0 Å². The van der Waals surface area contributed by atoms with Crippen molar-refractivity contribution in [2.75, 3.05) is 4.90 Å². The van der Waals surface area contributed by atoms with Gasteiger partial charge in [0.15, 0.2) is 8.07 Å². The van der Waals surface area contributed by atoms with Gasteiger partial charge in [0, 0.05) is 17.1 Å². The number of hydrogen-bond acceptors (Lipinski definition) is 1. The van der Waals surface area contributed by atoms with Crippen molar-refractivity contribution >= 4 is 46.8 Å². The van der Waals surface area contributed by atoms with Crippen molar-refractivity contribution < 1.29 is 0 Å². The molecular weight excluding hydrogens is 715 g/mol. The van der Waals surface area contributed by atoms with Crippen LogP contribution in [-0.2, 0) is 0 Å². The zero-order chi connectivity index (χ0) is 39.0. The molecule has 0 heterocycles. The molecule has 0 fully saturated rings. The minimum atomic E-state index is -2.49. The summed E-state index contributed by atoms with van der Waals surface area (Å²) in [5.74, 6) is 0. The highest BCUT2D eigenvalue weighted by atomic mass is 28.3. The molecular formula is C56H43NSi. The second kappa shape index (κ2) is 16.8. The van der Waals surface area contributed by atoms with E-state index in [0.29, 0.717) is 0 Å². The highest BCUT2D eigenvalue weighted by molar-refractivity contribution is 7.15. The lowest BCUT2D eigenvalue weighted by molar-refractivity contribution is 1.28. The molecule has 1 nitrogen and oxygen atoms in total. The Hall–Kier alpha value is -7.26. The van der Waals surface area contributed by atoms with Crippen molar-refractivity contribution in [3.8, 4) is 33.4 Å². The molecule has 0 radical (unpaired) electrons. The Balaban J connectivity index is 1.05. The smallest absolute Gasteiger partial charge is 0.172 e. The summed E-state index contributed by atoms with van der Waals surface area (Å²) in [6, 6.07) is 89.9. The van der Waals surface area contributed by atoms with Gasteiger partial charge in [-0.25, -0.2) is 0 Å². The van der Waals surface area contributed by atoms with Gasteiger partial charge in [0.25, 0.3) is 0 Å². The highest BCUT2D eigenvalue weighted by Crippen LogP contribution is 2.39. The van der Waals surface area contributed by atoms with Gasteiger partial charge in [-0.2, -0.15) is 0 Å². The summed E-state index contributed by atoms with van der Waals surface area (Å²) in [6.45, 7) is 0. The zero-order valence-electron chi connectivity index (χ0n) is 32.3. The van der Waals surface area contributed by atoms with Crippen LogP contribution in [0.5, 0.6) is 0 Å². The number of rotatable bonds is 11. The fraction of sp³-hybridized carbons (Fsp3) is 0. The lowest BCUT2D eigenvalue weighted by atomic mass is 10.0. The summed E-state index contributed by atoms with van der Waals surface area (Å²) in [7, 11) is -2.49. The van der Waals surface area contributed by atoms with E-state index in [2.05, 4.69) is 265 Å². The number of benzene rings is 9. The van der Waals surface area contributed by atoms with Gasteiger partial charge in [0.1, 0.15) is 0 Å². The Morgan fingerprint density at radius 2 is 0.621 bits per heavy atom. The SMILES string of the molecule is C(=C[Si](c1ccccc1)(c1ccccc1)c1ccccc1)c1ccc(-c2ccc(N(c3cccc(-c4ccccc4)c3)c3cccc(-c4ccccc4)c3)cc2)cc1. The van der Waals surface area contributed by atoms with Crippen molar-refractivity contribution in [1.82, 2.24) is 0 Å². The maximum Gasteiger partial charge on any atom is 0.172 e. The van der Waals surface area contributed by atoms with Crippen LogP contribution in [0.2, 0.25) is 0 Å². The number of hydrogen-bond donors (Lipinski definition) is 0. The van der Waals surface area contributed by atoms with Gasteiger partial charge in [0.05, 0.1) is 0 Å². The van der Waals surface area contributed by atoms with Crippen LogP contribution in [0.15, 0.2) is 254 Å². The average molecular weight is 758 g/mol. The average Bonchev–Trinajstić information content (AvgIpc) is 3.32. The van der Waals surface area contributed by atoms with Gasteiger partial charge in [-0.05, 0) is 90.9 Å². The third-order valence-corrected chi connectivity index (χ3v) is 15.4. The molecule has 0 saturated carbocycles. The van der Waals surface area contributed by atoms with Crippen LogP contribution < -0.4 is 20.5 Å². The monoisotopic (exact) mass is 757 g/mol. The third kappa shape index (κ3) is 7.62. The van der Waals surface area contributed by atoms with Crippen molar-refractivity contribution in [2.24, 2.45) is 0 Å². The Morgan fingerprint density at radius 3 is 1.03 bits per heavy atom. The van der Waals surface area contributed by atoms with E-state index in [0.717, 1.165) is 17.1 Å². The van der Waals surface area contributed by atoms with Crippen LogP contribution in [0.3, 0.4) is 0 Å².